The van der Waals surface area contributed by atoms with Crippen molar-refractivity contribution in [2.24, 2.45) is 0 Å². The van der Waals surface area contributed by atoms with Gasteiger partial charge in [0.2, 0.25) is 0 Å². The summed E-state index contributed by atoms with van der Waals surface area (Å²) in [6.45, 7) is 13.3. The van der Waals surface area contributed by atoms with Crippen molar-refractivity contribution >= 4 is 43.2 Å². The quantitative estimate of drug-likeness (QED) is 0.195. The molecule has 4 aromatic rings. The first kappa shape index (κ1) is 25.5. The zero-order valence-corrected chi connectivity index (χ0v) is 20.0. The highest BCUT2D eigenvalue weighted by Gasteiger charge is 1.98. The van der Waals surface area contributed by atoms with Crippen molar-refractivity contribution in [3.63, 3.8) is 0 Å². The van der Waals surface area contributed by atoms with E-state index in [0.29, 0.717) is 22.9 Å². The first-order valence-corrected chi connectivity index (χ1v) is 10.7. The zero-order chi connectivity index (χ0) is 24.1. The van der Waals surface area contributed by atoms with E-state index in [4.69, 9.17) is 23.0 Å². The van der Waals surface area contributed by atoms with Crippen LogP contribution in [-0.4, -0.2) is 15.1 Å². The van der Waals surface area contributed by atoms with E-state index < -0.39 is 0 Å². The molecule has 2 heterocycles. The molecular formula is C24H15Br2FN4O2. The molecule has 2 aromatic heterocycles. The van der Waals surface area contributed by atoms with Crippen LogP contribution in [0.3, 0.4) is 0 Å². The normalized spacial score (nSPS) is 9.12. The van der Waals surface area contributed by atoms with Crippen LogP contribution >= 0.6 is 31.9 Å². The van der Waals surface area contributed by atoms with Crippen LogP contribution in [0.1, 0.15) is 0 Å². The number of pyridine rings is 2. The molecule has 0 saturated carbocycles. The molecule has 0 aliphatic heterocycles. The zero-order valence-electron chi connectivity index (χ0n) is 16.9. The van der Waals surface area contributed by atoms with Gasteiger partial charge in [-0.3, -0.25) is 0 Å². The molecule has 33 heavy (non-hydrogen) atoms. The fourth-order valence-corrected chi connectivity index (χ4v) is 2.50. The SMILES string of the molecule is Oc1ccc(Br)nc1.[C-]#[N+]c1ccc(F)cc1.[C-]#[N+]c1ccc(Oc2ccc(Br)nc2)cc1. The van der Waals surface area contributed by atoms with Gasteiger partial charge in [0.15, 0.2) is 11.4 Å². The Morgan fingerprint density at radius 3 is 1.61 bits per heavy atom. The number of hydrogen-bond donors (Lipinski definition) is 1. The highest BCUT2D eigenvalue weighted by atomic mass is 79.9. The third kappa shape index (κ3) is 9.92. The molecule has 0 fully saturated rings. The highest BCUT2D eigenvalue weighted by molar-refractivity contribution is 9.10. The average Bonchev–Trinajstić information content (AvgIpc) is 2.84. The number of halogens is 3. The Kier molecular flexibility index (Phi) is 10.5. The predicted octanol–water partition coefficient (Wildman–Crippen LogP) is 8.11. The van der Waals surface area contributed by atoms with Crippen molar-refractivity contribution in [1.29, 1.82) is 0 Å². The van der Waals surface area contributed by atoms with E-state index in [-0.39, 0.29) is 11.6 Å². The summed E-state index contributed by atoms with van der Waals surface area (Å²) in [5.74, 6) is 1.24. The van der Waals surface area contributed by atoms with Gasteiger partial charge >= 0.3 is 0 Å². The van der Waals surface area contributed by atoms with Gasteiger partial charge in [0, 0.05) is 0 Å². The molecule has 0 aliphatic carbocycles. The van der Waals surface area contributed by atoms with Gasteiger partial charge in [0.05, 0.1) is 25.5 Å². The van der Waals surface area contributed by atoms with Crippen LogP contribution in [0, 0.1) is 19.0 Å². The summed E-state index contributed by atoms with van der Waals surface area (Å²) < 4.78 is 19.2. The molecule has 9 heteroatoms. The molecule has 0 amide bonds. The Balaban J connectivity index is 0.000000192. The number of nitrogens with zero attached hydrogens (tertiary/aromatic N) is 4. The standard InChI is InChI=1S/C12H7BrN2O.C7H4FN.C5H4BrNO/c1-14-9-2-4-10(5-3-9)16-11-6-7-12(13)15-8-11;1-9-7-4-2-6(8)3-5-7;6-5-2-1-4(8)3-7-5/h2-8H;2-5H;1-3,8H. The minimum atomic E-state index is -0.303. The van der Waals surface area contributed by atoms with Crippen LogP contribution in [0.15, 0.2) is 94.4 Å². The maximum absolute atomic E-state index is 12.1. The number of hydrogen-bond acceptors (Lipinski definition) is 4. The number of aromatic hydroxyl groups is 1. The van der Waals surface area contributed by atoms with Gasteiger partial charge in [-0.2, -0.15) is 0 Å². The predicted molar refractivity (Wildman–Crippen MR) is 131 cm³/mol. The lowest BCUT2D eigenvalue weighted by atomic mass is 10.3. The van der Waals surface area contributed by atoms with Crippen LogP contribution in [0.5, 0.6) is 17.2 Å². The Hall–Kier alpha value is -3.79. The lowest BCUT2D eigenvalue weighted by molar-refractivity contribution is 0.472. The van der Waals surface area contributed by atoms with Crippen molar-refractivity contribution in [2.75, 3.05) is 0 Å². The molecule has 0 saturated heterocycles. The second kappa shape index (κ2) is 13.6. The fraction of sp³-hybridized carbons (Fsp3) is 0. The van der Waals surface area contributed by atoms with Gasteiger partial charge in [-0.15, -0.1) is 0 Å². The second-order valence-electron chi connectivity index (χ2n) is 5.95. The number of aromatic nitrogens is 2. The van der Waals surface area contributed by atoms with Crippen molar-refractivity contribution < 1.29 is 14.2 Å². The van der Waals surface area contributed by atoms with Gasteiger partial charge in [0.25, 0.3) is 0 Å². The molecule has 0 radical (unpaired) electrons. The summed E-state index contributed by atoms with van der Waals surface area (Å²) in [6, 6.07) is 19.3. The molecule has 4 rings (SSSR count). The van der Waals surface area contributed by atoms with Gasteiger partial charge in [-0.25, -0.2) is 24.0 Å². The summed E-state index contributed by atoms with van der Waals surface area (Å²) in [5.41, 5.74) is 1.07. The first-order chi connectivity index (χ1) is 15.9. The van der Waals surface area contributed by atoms with Gasteiger partial charge in [-0.05, 0) is 80.4 Å². The highest BCUT2D eigenvalue weighted by Crippen LogP contribution is 2.24. The van der Waals surface area contributed by atoms with E-state index in [2.05, 4.69) is 51.5 Å². The maximum Gasteiger partial charge on any atom is 0.187 e. The van der Waals surface area contributed by atoms with E-state index >= 15 is 0 Å². The average molecular weight is 570 g/mol. The Bertz CT molecular complexity index is 1200. The van der Waals surface area contributed by atoms with Crippen LogP contribution in [0.2, 0.25) is 0 Å². The molecular weight excluding hydrogens is 555 g/mol. The van der Waals surface area contributed by atoms with Crippen molar-refractivity contribution in [1.82, 2.24) is 9.97 Å². The summed E-state index contributed by atoms with van der Waals surface area (Å²) in [7, 11) is 0. The van der Waals surface area contributed by atoms with E-state index in [1.54, 1.807) is 42.6 Å². The number of benzene rings is 2. The van der Waals surface area contributed by atoms with Crippen molar-refractivity contribution in [3.05, 3.63) is 123 Å². The minimum Gasteiger partial charge on any atom is -0.506 e. The van der Waals surface area contributed by atoms with Gasteiger partial charge in [0.1, 0.15) is 32.3 Å². The molecule has 0 atom stereocenters. The molecule has 0 aliphatic rings. The van der Waals surface area contributed by atoms with Crippen LogP contribution in [0.4, 0.5) is 15.8 Å². The Labute approximate surface area is 207 Å². The lowest BCUT2D eigenvalue weighted by Crippen LogP contribution is -1.84. The minimum absolute atomic E-state index is 0.188. The number of ether oxygens (including phenoxy) is 1. The third-order valence-electron chi connectivity index (χ3n) is 3.57. The molecule has 0 unspecified atom stereocenters. The molecule has 164 valence electrons. The smallest absolute Gasteiger partial charge is 0.187 e. The van der Waals surface area contributed by atoms with Gasteiger partial charge in [-0.1, -0.05) is 24.3 Å². The van der Waals surface area contributed by atoms with Crippen LogP contribution in [0.25, 0.3) is 9.69 Å². The largest absolute Gasteiger partial charge is 0.506 e. The fourth-order valence-electron chi connectivity index (χ4n) is 2.03. The molecule has 0 spiro atoms. The Morgan fingerprint density at radius 1 is 0.697 bits per heavy atom. The first-order valence-electron chi connectivity index (χ1n) is 9.10. The summed E-state index contributed by atoms with van der Waals surface area (Å²) in [6.07, 6.45) is 3.01. The molecule has 6 nitrogen and oxygen atoms in total. The van der Waals surface area contributed by atoms with E-state index in [1.165, 1.54) is 30.5 Å². The Morgan fingerprint density at radius 2 is 1.18 bits per heavy atom. The lowest BCUT2D eigenvalue weighted by Gasteiger charge is -2.04. The van der Waals surface area contributed by atoms with Crippen LogP contribution < -0.4 is 4.74 Å². The summed E-state index contributed by atoms with van der Waals surface area (Å²) in [4.78, 5) is 14.2. The van der Waals surface area contributed by atoms with E-state index in [0.717, 1.165) is 9.21 Å². The van der Waals surface area contributed by atoms with Gasteiger partial charge < -0.3 is 9.84 Å². The monoisotopic (exact) mass is 568 g/mol. The van der Waals surface area contributed by atoms with Crippen molar-refractivity contribution in [2.45, 2.75) is 0 Å². The number of rotatable bonds is 2. The van der Waals surface area contributed by atoms with Crippen LogP contribution in [-0.2, 0) is 0 Å². The summed E-state index contributed by atoms with van der Waals surface area (Å²) >= 11 is 6.37. The van der Waals surface area contributed by atoms with E-state index in [1.807, 2.05) is 12.1 Å². The topological polar surface area (TPSA) is 64.0 Å². The molecule has 1 N–H and O–H groups in total. The summed E-state index contributed by atoms with van der Waals surface area (Å²) in [5, 5.41) is 8.67. The molecule has 0 bridgehead atoms. The maximum atomic E-state index is 12.1. The third-order valence-corrected chi connectivity index (χ3v) is 4.51. The van der Waals surface area contributed by atoms with Crippen molar-refractivity contribution in [3.8, 4) is 17.2 Å². The van der Waals surface area contributed by atoms with E-state index in [9.17, 15) is 4.39 Å². The second-order valence-corrected chi connectivity index (χ2v) is 7.58. The molecule has 2 aromatic carbocycles.